The van der Waals surface area contributed by atoms with Crippen LogP contribution in [-0.2, 0) is 12.8 Å². The number of carbonyl (C=O) groups is 1. The zero-order valence-electron chi connectivity index (χ0n) is 11.9. The number of anilines is 2. The van der Waals surface area contributed by atoms with Crippen molar-refractivity contribution in [3.63, 3.8) is 0 Å². The Hall–Kier alpha value is -2.48. The first-order chi connectivity index (χ1) is 10.6. The average Bonchev–Trinajstić information content (AvgIpc) is 3.07. The fraction of sp³-hybridized carbons (Fsp3) is 0.286. The smallest absolute Gasteiger partial charge is 0.293 e. The van der Waals surface area contributed by atoms with Gasteiger partial charge in [-0.3, -0.25) is 20.2 Å². The van der Waals surface area contributed by atoms with E-state index in [0.717, 1.165) is 25.0 Å². The normalized spacial score (nSPS) is 12.8. The summed E-state index contributed by atoms with van der Waals surface area (Å²) in [6.45, 7) is 0. The van der Waals surface area contributed by atoms with Crippen LogP contribution in [0.15, 0.2) is 18.2 Å². The van der Waals surface area contributed by atoms with Crippen molar-refractivity contribution in [1.29, 1.82) is 0 Å². The summed E-state index contributed by atoms with van der Waals surface area (Å²) in [5.41, 5.74) is 1.53. The van der Waals surface area contributed by atoms with Crippen LogP contribution in [0.5, 0.6) is 0 Å². The maximum atomic E-state index is 12.2. The number of thiazole rings is 1. The summed E-state index contributed by atoms with van der Waals surface area (Å²) in [5.74, 6) is -0.391. The molecule has 3 rings (SSSR count). The molecule has 0 unspecified atom stereocenters. The maximum absolute atomic E-state index is 12.2. The molecule has 2 N–H and O–H groups in total. The Morgan fingerprint density at radius 2 is 2.23 bits per heavy atom. The number of rotatable bonds is 4. The van der Waals surface area contributed by atoms with E-state index in [1.165, 1.54) is 28.3 Å². The van der Waals surface area contributed by atoms with Crippen molar-refractivity contribution in [3.05, 3.63) is 44.4 Å². The predicted octanol–water partition coefficient (Wildman–Crippen LogP) is 2.83. The van der Waals surface area contributed by atoms with Gasteiger partial charge < -0.3 is 5.32 Å². The number of nitrogens with zero attached hydrogens (tertiary/aromatic N) is 2. The summed E-state index contributed by atoms with van der Waals surface area (Å²) in [5, 5.41) is 17.0. The summed E-state index contributed by atoms with van der Waals surface area (Å²) in [6.07, 6.45) is 3.06. The van der Waals surface area contributed by atoms with Crippen LogP contribution in [-0.4, -0.2) is 22.9 Å². The molecule has 22 heavy (non-hydrogen) atoms. The summed E-state index contributed by atoms with van der Waals surface area (Å²) < 4.78 is 0. The molecule has 1 aromatic heterocycles. The second kappa shape index (κ2) is 5.72. The molecule has 0 spiro atoms. The first-order valence-corrected chi connectivity index (χ1v) is 7.66. The number of nitrogens with one attached hydrogen (secondary N) is 2. The molecule has 1 aliphatic rings. The first-order valence-electron chi connectivity index (χ1n) is 6.84. The third-order valence-corrected chi connectivity index (χ3v) is 4.61. The number of aromatic nitrogens is 1. The van der Waals surface area contributed by atoms with Gasteiger partial charge in [-0.05, 0) is 31.4 Å². The second-order valence-corrected chi connectivity index (χ2v) is 6.02. The highest BCUT2D eigenvalue weighted by Crippen LogP contribution is 2.31. The van der Waals surface area contributed by atoms with Gasteiger partial charge in [0.25, 0.3) is 11.6 Å². The van der Waals surface area contributed by atoms with Crippen LogP contribution in [0.25, 0.3) is 0 Å². The van der Waals surface area contributed by atoms with E-state index in [-0.39, 0.29) is 11.3 Å². The molecule has 1 heterocycles. The molecule has 1 amide bonds. The predicted molar refractivity (Wildman–Crippen MR) is 84.7 cm³/mol. The number of fused-ring (bicyclic) bond motifs is 1. The first kappa shape index (κ1) is 14.5. The van der Waals surface area contributed by atoms with Crippen LogP contribution in [0, 0.1) is 10.1 Å². The monoisotopic (exact) mass is 318 g/mol. The Kier molecular flexibility index (Phi) is 3.76. The molecular formula is C14H14N4O3S. The van der Waals surface area contributed by atoms with Gasteiger partial charge >= 0.3 is 0 Å². The van der Waals surface area contributed by atoms with E-state index < -0.39 is 10.8 Å². The standard InChI is InChI=1S/C14H14N4O3S/c1-15-9-6-5-8(7-11(9)18(20)21)13(19)17-14-16-10-3-2-4-12(10)22-14/h5-7,15H,2-4H2,1H3,(H,16,17,19). The van der Waals surface area contributed by atoms with Gasteiger partial charge in [0.15, 0.2) is 5.13 Å². The quantitative estimate of drug-likeness (QED) is 0.667. The van der Waals surface area contributed by atoms with Crippen LogP contribution < -0.4 is 10.6 Å². The second-order valence-electron chi connectivity index (χ2n) is 4.94. The molecule has 7 nitrogen and oxygen atoms in total. The van der Waals surface area contributed by atoms with Crippen LogP contribution in [0.3, 0.4) is 0 Å². The topological polar surface area (TPSA) is 97.2 Å². The Morgan fingerprint density at radius 1 is 1.41 bits per heavy atom. The lowest BCUT2D eigenvalue weighted by atomic mass is 10.1. The number of hydrogen-bond donors (Lipinski definition) is 2. The Bertz CT molecular complexity index is 735. The van der Waals surface area contributed by atoms with Crippen molar-refractivity contribution in [3.8, 4) is 0 Å². The molecule has 1 aliphatic carbocycles. The molecule has 0 radical (unpaired) electrons. The highest BCUT2D eigenvalue weighted by atomic mass is 32.1. The number of nitro groups is 1. The van der Waals surface area contributed by atoms with Crippen molar-refractivity contribution < 1.29 is 9.72 Å². The van der Waals surface area contributed by atoms with E-state index in [4.69, 9.17) is 0 Å². The minimum atomic E-state index is -0.513. The molecule has 114 valence electrons. The fourth-order valence-electron chi connectivity index (χ4n) is 2.45. The van der Waals surface area contributed by atoms with Gasteiger partial charge in [-0.1, -0.05) is 0 Å². The van der Waals surface area contributed by atoms with E-state index in [1.54, 1.807) is 13.1 Å². The van der Waals surface area contributed by atoms with Gasteiger partial charge in [-0.15, -0.1) is 11.3 Å². The summed E-state index contributed by atoms with van der Waals surface area (Å²) in [7, 11) is 1.60. The van der Waals surface area contributed by atoms with Gasteiger partial charge in [0.1, 0.15) is 5.69 Å². The zero-order chi connectivity index (χ0) is 15.7. The number of carbonyl (C=O) groups excluding carboxylic acids is 1. The lowest BCUT2D eigenvalue weighted by molar-refractivity contribution is -0.384. The summed E-state index contributed by atoms with van der Waals surface area (Å²) in [4.78, 5) is 28.3. The zero-order valence-corrected chi connectivity index (χ0v) is 12.7. The fourth-order valence-corrected chi connectivity index (χ4v) is 3.49. The van der Waals surface area contributed by atoms with Crippen molar-refractivity contribution in [2.75, 3.05) is 17.7 Å². The lowest BCUT2D eigenvalue weighted by Crippen LogP contribution is -2.12. The number of nitro benzene ring substituents is 1. The van der Waals surface area contributed by atoms with Crippen LogP contribution in [0.4, 0.5) is 16.5 Å². The van der Waals surface area contributed by atoms with E-state index in [1.807, 2.05) is 0 Å². The molecule has 0 bridgehead atoms. The summed E-state index contributed by atoms with van der Waals surface area (Å²) in [6, 6.07) is 4.34. The molecule has 8 heteroatoms. The SMILES string of the molecule is CNc1ccc(C(=O)Nc2nc3c(s2)CCC3)cc1[N+](=O)[O-]. The molecule has 2 aromatic rings. The number of amides is 1. The minimum absolute atomic E-state index is 0.128. The van der Waals surface area contributed by atoms with E-state index >= 15 is 0 Å². The molecule has 0 aliphatic heterocycles. The van der Waals surface area contributed by atoms with E-state index in [2.05, 4.69) is 15.6 Å². The van der Waals surface area contributed by atoms with E-state index in [0.29, 0.717) is 10.8 Å². The Morgan fingerprint density at radius 3 is 2.91 bits per heavy atom. The van der Waals surface area contributed by atoms with Gasteiger partial charge in [-0.25, -0.2) is 4.98 Å². The third-order valence-electron chi connectivity index (χ3n) is 3.54. The molecule has 0 saturated heterocycles. The third kappa shape index (κ3) is 2.64. The Labute approximate surface area is 130 Å². The van der Waals surface area contributed by atoms with Crippen LogP contribution >= 0.6 is 11.3 Å². The average molecular weight is 318 g/mol. The van der Waals surface area contributed by atoms with Crippen LogP contribution in [0.1, 0.15) is 27.3 Å². The molecular weight excluding hydrogens is 304 g/mol. The van der Waals surface area contributed by atoms with Crippen LogP contribution in [0.2, 0.25) is 0 Å². The highest BCUT2D eigenvalue weighted by Gasteiger charge is 2.20. The Balaban J connectivity index is 1.82. The van der Waals surface area contributed by atoms with Gasteiger partial charge in [0.2, 0.25) is 0 Å². The minimum Gasteiger partial charge on any atom is -0.383 e. The maximum Gasteiger partial charge on any atom is 0.293 e. The summed E-state index contributed by atoms with van der Waals surface area (Å²) >= 11 is 1.47. The molecule has 1 aromatic carbocycles. The molecule has 0 atom stereocenters. The number of benzene rings is 1. The van der Waals surface area contributed by atoms with Gasteiger partial charge in [0, 0.05) is 23.6 Å². The van der Waals surface area contributed by atoms with Crippen molar-refractivity contribution >= 4 is 33.8 Å². The largest absolute Gasteiger partial charge is 0.383 e. The number of aryl methyl sites for hydroxylation is 2. The number of hydrogen-bond acceptors (Lipinski definition) is 6. The van der Waals surface area contributed by atoms with E-state index in [9.17, 15) is 14.9 Å². The molecule has 0 fully saturated rings. The highest BCUT2D eigenvalue weighted by molar-refractivity contribution is 7.16. The van der Waals surface area contributed by atoms with Crippen molar-refractivity contribution in [2.45, 2.75) is 19.3 Å². The lowest BCUT2D eigenvalue weighted by Gasteiger charge is -2.05. The van der Waals surface area contributed by atoms with Crippen molar-refractivity contribution in [2.24, 2.45) is 0 Å². The molecule has 0 saturated carbocycles. The van der Waals surface area contributed by atoms with Gasteiger partial charge in [0.05, 0.1) is 10.6 Å². The van der Waals surface area contributed by atoms with Crippen molar-refractivity contribution in [1.82, 2.24) is 4.98 Å². The van der Waals surface area contributed by atoms with Gasteiger partial charge in [-0.2, -0.15) is 0 Å².